The van der Waals surface area contributed by atoms with Gasteiger partial charge in [0.15, 0.2) is 6.61 Å². The minimum absolute atomic E-state index is 0.247. The van der Waals surface area contributed by atoms with Crippen LogP contribution < -0.4 is 4.74 Å². The van der Waals surface area contributed by atoms with Gasteiger partial charge < -0.3 is 13.7 Å². The topological polar surface area (TPSA) is 100.0 Å². The molecule has 0 aliphatic rings. The lowest BCUT2D eigenvalue weighted by Gasteiger charge is -2.03. The van der Waals surface area contributed by atoms with E-state index in [1.165, 1.54) is 11.8 Å². The van der Waals surface area contributed by atoms with Crippen molar-refractivity contribution in [1.82, 2.24) is 25.3 Å². The molecule has 0 atom stereocenters. The van der Waals surface area contributed by atoms with Crippen LogP contribution in [-0.2, 0) is 13.0 Å². The van der Waals surface area contributed by atoms with Gasteiger partial charge in [-0.1, -0.05) is 29.1 Å². The highest BCUT2D eigenvalue weighted by Gasteiger charge is 2.10. The summed E-state index contributed by atoms with van der Waals surface area (Å²) in [6, 6.07) is 11.5. The third kappa shape index (κ3) is 5.41. The normalized spacial score (nSPS) is 10.9. The molecule has 0 amide bonds. The van der Waals surface area contributed by atoms with E-state index in [2.05, 4.69) is 25.3 Å². The third-order valence-corrected chi connectivity index (χ3v) is 4.87. The second kappa shape index (κ2) is 9.33. The summed E-state index contributed by atoms with van der Waals surface area (Å²) in [5.74, 6) is 3.21. The summed E-state index contributed by atoms with van der Waals surface area (Å²) in [6.45, 7) is 2.26. The van der Waals surface area contributed by atoms with E-state index in [0.717, 1.165) is 29.1 Å². The van der Waals surface area contributed by atoms with Gasteiger partial charge in [-0.15, -0.1) is 10.2 Å². The number of ether oxygens (including phenoxy) is 1. The molecule has 0 unspecified atom stereocenters. The maximum atomic E-state index is 5.67. The molecule has 0 N–H and O–H groups in total. The second-order valence-electron chi connectivity index (χ2n) is 6.27. The van der Waals surface area contributed by atoms with E-state index in [-0.39, 0.29) is 6.61 Å². The molecule has 0 saturated carbocycles. The summed E-state index contributed by atoms with van der Waals surface area (Å²) in [7, 11) is 0. The van der Waals surface area contributed by atoms with E-state index in [4.69, 9.17) is 13.7 Å². The summed E-state index contributed by atoms with van der Waals surface area (Å²) in [6.07, 6.45) is 4.93. The number of rotatable bonds is 9. The van der Waals surface area contributed by atoms with Crippen molar-refractivity contribution in [2.45, 2.75) is 31.6 Å². The van der Waals surface area contributed by atoms with Crippen molar-refractivity contribution in [3.8, 4) is 17.1 Å². The highest BCUT2D eigenvalue weighted by Crippen LogP contribution is 2.20. The summed E-state index contributed by atoms with van der Waals surface area (Å²) in [5.41, 5.74) is 2.02. The van der Waals surface area contributed by atoms with Crippen molar-refractivity contribution in [3.05, 3.63) is 66.1 Å². The average molecular weight is 409 g/mol. The lowest BCUT2D eigenvalue weighted by atomic mass is 10.2. The summed E-state index contributed by atoms with van der Waals surface area (Å²) in [4.78, 5) is 8.39. The molecule has 3 heterocycles. The Morgan fingerprint density at radius 2 is 1.97 bits per heavy atom. The third-order valence-electron chi connectivity index (χ3n) is 3.97. The Morgan fingerprint density at radius 3 is 2.83 bits per heavy atom. The molecule has 4 rings (SSSR count). The molecule has 0 bridgehead atoms. The van der Waals surface area contributed by atoms with E-state index in [0.29, 0.717) is 29.2 Å². The molecular formula is C20H19N5O3S. The monoisotopic (exact) mass is 409 g/mol. The summed E-state index contributed by atoms with van der Waals surface area (Å²) >= 11 is 1.49. The van der Waals surface area contributed by atoms with Crippen LogP contribution >= 0.6 is 11.8 Å². The molecule has 1 aromatic carbocycles. The van der Waals surface area contributed by atoms with Gasteiger partial charge in [-0.05, 0) is 43.2 Å². The Kier molecular flexibility index (Phi) is 6.16. The maximum absolute atomic E-state index is 5.67. The maximum Gasteiger partial charge on any atom is 0.276 e. The zero-order chi connectivity index (χ0) is 19.9. The Morgan fingerprint density at radius 1 is 1.07 bits per heavy atom. The number of aromatic nitrogens is 5. The van der Waals surface area contributed by atoms with Crippen LogP contribution in [0.3, 0.4) is 0 Å². The van der Waals surface area contributed by atoms with Gasteiger partial charge in [0.1, 0.15) is 5.75 Å². The molecule has 3 aromatic heterocycles. The van der Waals surface area contributed by atoms with Gasteiger partial charge in [0.05, 0.1) is 0 Å². The molecule has 29 heavy (non-hydrogen) atoms. The lowest BCUT2D eigenvalue weighted by molar-refractivity contribution is 0.252. The van der Waals surface area contributed by atoms with Crippen molar-refractivity contribution >= 4 is 11.8 Å². The lowest BCUT2D eigenvalue weighted by Crippen LogP contribution is -1.95. The summed E-state index contributed by atoms with van der Waals surface area (Å²) < 4.78 is 16.6. The molecule has 4 aromatic rings. The molecule has 9 heteroatoms. The van der Waals surface area contributed by atoms with Crippen LogP contribution in [0.4, 0.5) is 0 Å². The van der Waals surface area contributed by atoms with E-state index in [9.17, 15) is 0 Å². The van der Waals surface area contributed by atoms with Gasteiger partial charge in [0, 0.05) is 30.1 Å². The highest BCUT2D eigenvalue weighted by molar-refractivity contribution is 7.99. The number of thioether (sulfide) groups is 1. The molecule has 0 radical (unpaired) electrons. The summed E-state index contributed by atoms with van der Waals surface area (Å²) in [5, 5.41) is 12.6. The first-order valence-electron chi connectivity index (χ1n) is 9.14. The van der Waals surface area contributed by atoms with Crippen LogP contribution in [0.2, 0.25) is 0 Å². The number of nitrogens with zero attached hydrogens (tertiary/aromatic N) is 5. The van der Waals surface area contributed by atoms with Gasteiger partial charge in [-0.25, -0.2) is 0 Å². The van der Waals surface area contributed by atoms with E-state index in [1.807, 2.05) is 43.3 Å². The minimum Gasteiger partial charge on any atom is -0.484 e. The Balaban J connectivity index is 1.20. The molecule has 0 fully saturated rings. The van der Waals surface area contributed by atoms with Gasteiger partial charge in [-0.2, -0.15) is 4.98 Å². The second-order valence-corrected chi connectivity index (χ2v) is 7.31. The zero-order valence-corrected chi connectivity index (χ0v) is 16.6. The van der Waals surface area contributed by atoms with E-state index in [1.54, 1.807) is 12.4 Å². The molecule has 8 nitrogen and oxygen atoms in total. The molecule has 0 aliphatic carbocycles. The quantitative estimate of drug-likeness (QED) is 0.298. The number of pyridine rings is 1. The molecule has 0 spiro atoms. The predicted molar refractivity (Wildman–Crippen MR) is 106 cm³/mol. The first kappa shape index (κ1) is 19.1. The fourth-order valence-corrected chi connectivity index (χ4v) is 3.28. The van der Waals surface area contributed by atoms with Crippen LogP contribution in [0.15, 0.2) is 63.0 Å². The van der Waals surface area contributed by atoms with Crippen molar-refractivity contribution in [2.75, 3.05) is 5.75 Å². The van der Waals surface area contributed by atoms with Gasteiger partial charge >= 0.3 is 0 Å². The fraction of sp³-hybridized carbons (Fsp3) is 0.250. The van der Waals surface area contributed by atoms with Crippen molar-refractivity contribution in [3.63, 3.8) is 0 Å². The number of hydrogen-bond donors (Lipinski definition) is 0. The average Bonchev–Trinajstić information content (AvgIpc) is 3.40. The molecule has 0 saturated heterocycles. The highest BCUT2D eigenvalue weighted by atomic mass is 32.2. The van der Waals surface area contributed by atoms with Crippen molar-refractivity contribution < 1.29 is 13.7 Å². The van der Waals surface area contributed by atoms with Crippen molar-refractivity contribution in [1.29, 1.82) is 0 Å². The number of benzene rings is 1. The zero-order valence-electron chi connectivity index (χ0n) is 15.8. The molecule has 0 aliphatic heterocycles. The molecular weight excluding hydrogens is 390 g/mol. The number of aryl methyl sites for hydroxylation is 2. The SMILES string of the molecule is Cc1cccc(OCc2nnc(SCCCc3nc(-c4ccncc4)no3)o2)c1. The van der Waals surface area contributed by atoms with Crippen LogP contribution in [0, 0.1) is 6.92 Å². The Labute approximate surface area is 171 Å². The van der Waals surface area contributed by atoms with Crippen molar-refractivity contribution in [2.24, 2.45) is 0 Å². The first-order chi connectivity index (χ1) is 14.3. The van der Waals surface area contributed by atoms with Gasteiger partial charge in [-0.3, -0.25) is 4.98 Å². The van der Waals surface area contributed by atoms with Crippen LogP contribution in [0.25, 0.3) is 11.4 Å². The predicted octanol–water partition coefficient (Wildman–Crippen LogP) is 4.13. The van der Waals surface area contributed by atoms with E-state index >= 15 is 0 Å². The van der Waals surface area contributed by atoms with Gasteiger partial charge in [0.25, 0.3) is 11.1 Å². The smallest absolute Gasteiger partial charge is 0.276 e. The van der Waals surface area contributed by atoms with Crippen LogP contribution in [-0.4, -0.2) is 31.1 Å². The fourth-order valence-electron chi connectivity index (χ4n) is 2.56. The largest absolute Gasteiger partial charge is 0.484 e. The van der Waals surface area contributed by atoms with Crippen LogP contribution in [0.5, 0.6) is 5.75 Å². The Bertz CT molecular complexity index is 1050. The van der Waals surface area contributed by atoms with E-state index < -0.39 is 0 Å². The minimum atomic E-state index is 0.247. The molecule has 148 valence electrons. The van der Waals surface area contributed by atoms with Crippen LogP contribution in [0.1, 0.15) is 23.8 Å². The number of hydrogen-bond acceptors (Lipinski definition) is 9. The van der Waals surface area contributed by atoms with Gasteiger partial charge in [0.2, 0.25) is 11.7 Å². The first-order valence-corrected chi connectivity index (χ1v) is 10.1. The Hall–Kier alpha value is -3.20. The standard InChI is InChI=1S/C20H19N5O3S/c1-14-4-2-5-16(12-14)26-13-18-23-24-20(27-18)29-11-3-6-17-22-19(25-28-17)15-7-9-21-10-8-15/h2,4-5,7-10,12H,3,6,11,13H2,1H3.